The molecule has 1 aliphatic heterocycles. The van der Waals surface area contributed by atoms with E-state index in [9.17, 15) is 0 Å². The van der Waals surface area contributed by atoms with E-state index in [-0.39, 0.29) is 6.79 Å². The average molecular weight is 365 g/mol. The van der Waals surface area contributed by atoms with Gasteiger partial charge < -0.3 is 24.8 Å². The lowest BCUT2D eigenvalue weighted by Crippen LogP contribution is -2.10. The Bertz CT molecular complexity index is 935. The zero-order chi connectivity index (χ0) is 18.5. The van der Waals surface area contributed by atoms with Gasteiger partial charge in [0.15, 0.2) is 17.3 Å². The van der Waals surface area contributed by atoms with Gasteiger partial charge >= 0.3 is 0 Å². The van der Waals surface area contributed by atoms with Crippen LogP contribution >= 0.6 is 0 Å². The zero-order valence-corrected chi connectivity index (χ0v) is 14.8. The van der Waals surface area contributed by atoms with Crippen molar-refractivity contribution in [1.29, 1.82) is 0 Å². The van der Waals surface area contributed by atoms with Gasteiger partial charge in [-0.25, -0.2) is 0 Å². The molecule has 8 heteroatoms. The predicted octanol–water partition coefficient (Wildman–Crippen LogP) is 3.01. The number of nitrogens with zero attached hydrogens (tertiary/aromatic N) is 3. The van der Waals surface area contributed by atoms with Gasteiger partial charge in [0.2, 0.25) is 12.7 Å². The molecular formula is C19H19N5O3. The highest BCUT2D eigenvalue weighted by molar-refractivity contribution is 5.61. The molecule has 4 rings (SSSR count). The molecule has 1 aromatic heterocycles. The van der Waals surface area contributed by atoms with Crippen molar-refractivity contribution in [2.45, 2.75) is 6.42 Å². The number of benzene rings is 2. The third-order valence-corrected chi connectivity index (χ3v) is 4.07. The first kappa shape index (κ1) is 16.9. The molecule has 2 aromatic carbocycles. The second-order valence-corrected chi connectivity index (χ2v) is 5.85. The molecule has 0 saturated carbocycles. The maximum absolute atomic E-state index is 5.38. The molecule has 0 unspecified atom stereocenters. The van der Waals surface area contributed by atoms with E-state index in [1.165, 1.54) is 0 Å². The number of nitrogens with one attached hydrogen (secondary N) is 2. The van der Waals surface area contributed by atoms with Crippen LogP contribution in [0.4, 0.5) is 17.5 Å². The molecule has 27 heavy (non-hydrogen) atoms. The lowest BCUT2D eigenvalue weighted by molar-refractivity contribution is 0.174. The number of anilines is 3. The first-order chi connectivity index (χ1) is 13.3. The Morgan fingerprint density at radius 1 is 1.11 bits per heavy atom. The van der Waals surface area contributed by atoms with Crippen LogP contribution in [0.15, 0.2) is 48.7 Å². The van der Waals surface area contributed by atoms with Crippen LogP contribution in [0.2, 0.25) is 0 Å². The SMILES string of the molecule is COc1ccccc1CCNc1nncc(Nc2ccc3c(c2)OCO3)n1. The molecule has 8 nitrogen and oxygen atoms in total. The maximum atomic E-state index is 5.38. The highest BCUT2D eigenvalue weighted by atomic mass is 16.7. The van der Waals surface area contributed by atoms with E-state index in [0.29, 0.717) is 24.1 Å². The van der Waals surface area contributed by atoms with Crippen molar-refractivity contribution < 1.29 is 14.2 Å². The Hall–Kier alpha value is -3.55. The van der Waals surface area contributed by atoms with Crippen LogP contribution in [0.25, 0.3) is 0 Å². The second-order valence-electron chi connectivity index (χ2n) is 5.85. The smallest absolute Gasteiger partial charge is 0.244 e. The molecule has 0 amide bonds. The molecule has 2 heterocycles. The van der Waals surface area contributed by atoms with Crippen molar-refractivity contribution in [3.05, 3.63) is 54.2 Å². The van der Waals surface area contributed by atoms with Gasteiger partial charge in [0, 0.05) is 18.3 Å². The molecule has 0 bridgehead atoms. The summed E-state index contributed by atoms with van der Waals surface area (Å²) in [5.74, 6) is 3.35. The Labute approximate surface area is 156 Å². The highest BCUT2D eigenvalue weighted by Crippen LogP contribution is 2.34. The molecule has 0 saturated heterocycles. The van der Waals surface area contributed by atoms with Crippen LogP contribution in [-0.2, 0) is 6.42 Å². The minimum absolute atomic E-state index is 0.244. The largest absolute Gasteiger partial charge is 0.496 e. The van der Waals surface area contributed by atoms with Gasteiger partial charge in [0.25, 0.3) is 0 Å². The molecule has 0 radical (unpaired) electrons. The third kappa shape index (κ3) is 4.00. The van der Waals surface area contributed by atoms with E-state index in [1.807, 2.05) is 42.5 Å². The average Bonchev–Trinajstić information content (AvgIpc) is 3.16. The Balaban J connectivity index is 1.37. The third-order valence-electron chi connectivity index (χ3n) is 4.07. The fourth-order valence-electron chi connectivity index (χ4n) is 2.78. The number of ether oxygens (including phenoxy) is 3. The number of hydrogen-bond donors (Lipinski definition) is 2. The molecule has 138 valence electrons. The van der Waals surface area contributed by atoms with Crippen molar-refractivity contribution in [1.82, 2.24) is 15.2 Å². The standard InChI is InChI=1S/C19H19N5O3/c1-25-15-5-3-2-4-13(15)8-9-20-19-23-18(11-21-24-19)22-14-6-7-16-17(10-14)27-12-26-16/h2-7,10-11H,8-9,12H2,1H3,(H2,20,22,23,24). The van der Waals surface area contributed by atoms with Gasteiger partial charge in [-0.2, -0.15) is 10.1 Å². The van der Waals surface area contributed by atoms with Crippen molar-refractivity contribution in [3.8, 4) is 17.2 Å². The van der Waals surface area contributed by atoms with E-state index < -0.39 is 0 Å². The Morgan fingerprint density at radius 2 is 2.00 bits per heavy atom. The van der Waals surface area contributed by atoms with Gasteiger partial charge in [0.05, 0.1) is 13.3 Å². The maximum Gasteiger partial charge on any atom is 0.244 e. The number of rotatable bonds is 7. The molecule has 0 spiro atoms. The van der Waals surface area contributed by atoms with Crippen LogP contribution in [-0.4, -0.2) is 35.6 Å². The Morgan fingerprint density at radius 3 is 2.93 bits per heavy atom. The predicted molar refractivity (Wildman–Crippen MR) is 101 cm³/mol. The van der Waals surface area contributed by atoms with Crippen LogP contribution in [0, 0.1) is 0 Å². The van der Waals surface area contributed by atoms with Crippen molar-refractivity contribution in [3.63, 3.8) is 0 Å². The fourth-order valence-corrected chi connectivity index (χ4v) is 2.78. The first-order valence-corrected chi connectivity index (χ1v) is 8.54. The summed E-state index contributed by atoms with van der Waals surface area (Å²) in [5.41, 5.74) is 1.95. The number of para-hydroxylation sites is 1. The van der Waals surface area contributed by atoms with E-state index in [4.69, 9.17) is 14.2 Å². The molecule has 0 aliphatic carbocycles. The van der Waals surface area contributed by atoms with Gasteiger partial charge in [0.1, 0.15) is 5.75 Å². The molecule has 2 N–H and O–H groups in total. The van der Waals surface area contributed by atoms with Crippen molar-refractivity contribution in [2.24, 2.45) is 0 Å². The summed E-state index contributed by atoms with van der Waals surface area (Å²) in [6, 6.07) is 13.5. The summed E-state index contributed by atoms with van der Waals surface area (Å²) in [6.45, 7) is 0.906. The number of hydrogen-bond acceptors (Lipinski definition) is 8. The topological polar surface area (TPSA) is 90.4 Å². The molecule has 0 fully saturated rings. The summed E-state index contributed by atoms with van der Waals surface area (Å²) >= 11 is 0. The van der Waals surface area contributed by atoms with Gasteiger partial charge in [-0.15, -0.1) is 5.10 Å². The van der Waals surface area contributed by atoms with E-state index in [1.54, 1.807) is 13.3 Å². The quantitative estimate of drug-likeness (QED) is 0.660. The van der Waals surface area contributed by atoms with Gasteiger partial charge in [-0.1, -0.05) is 18.2 Å². The zero-order valence-electron chi connectivity index (χ0n) is 14.8. The van der Waals surface area contributed by atoms with E-state index in [0.717, 1.165) is 29.2 Å². The summed E-state index contributed by atoms with van der Waals surface area (Å²) in [4.78, 5) is 4.44. The van der Waals surface area contributed by atoms with Crippen LogP contribution in [0.3, 0.4) is 0 Å². The second kappa shape index (κ2) is 7.77. The van der Waals surface area contributed by atoms with Crippen LogP contribution in [0.1, 0.15) is 5.56 Å². The monoisotopic (exact) mass is 365 g/mol. The van der Waals surface area contributed by atoms with E-state index >= 15 is 0 Å². The van der Waals surface area contributed by atoms with E-state index in [2.05, 4.69) is 25.8 Å². The summed E-state index contributed by atoms with van der Waals surface area (Å²) < 4.78 is 16.1. The summed E-state index contributed by atoms with van der Waals surface area (Å²) in [5, 5.41) is 14.4. The van der Waals surface area contributed by atoms with Gasteiger partial charge in [-0.3, -0.25) is 0 Å². The minimum atomic E-state index is 0.244. The van der Waals surface area contributed by atoms with Crippen LogP contribution < -0.4 is 24.8 Å². The molecule has 3 aromatic rings. The lowest BCUT2D eigenvalue weighted by atomic mass is 10.1. The fraction of sp³-hybridized carbons (Fsp3) is 0.211. The number of aromatic nitrogens is 3. The first-order valence-electron chi connectivity index (χ1n) is 8.54. The van der Waals surface area contributed by atoms with Crippen molar-refractivity contribution >= 4 is 17.5 Å². The summed E-state index contributed by atoms with van der Waals surface area (Å²) in [7, 11) is 1.67. The highest BCUT2D eigenvalue weighted by Gasteiger charge is 2.13. The Kier molecular flexibility index (Phi) is 4.86. The number of methoxy groups -OCH3 is 1. The van der Waals surface area contributed by atoms with Gasteiger partial charge in [-0.05, 0) is 30.2 Å². The number of fused-ring (bicyclic) bond motifs is 1. The lowest BCUT2D eigenvalue weighted by Gasteiger charge is -2.10. The minimum Gasteiger partial charge on any atom is -0.496 e. The normalized spacial score (nSPS) is 11.9. The van der Waals surface area contributed by atoms with Crippen molar-refractivity contribution in [2.75, 3.05) is 31.1 Å². The van der Waals surface area contributed by atoms with Crippen LogP contribution in [0.5, 0.6) is 17.2 Å². The molecular weight excluding hydrogens is 346 g/mol. The molecule has 1 aliphatic rings. The summed E-state index contributed by atoms with van der Waals surface area (Å²) in [6.07, 6.45) is 2.35. The molecule has 0 atom stereocenters.